The fourth-order valence-electron chi connectivity index (χ4n) is 3.02. The number of pyridine rings is 1. The third-order valence-corrected chi connectivity index (χ3v) is 4.44. The van der Waals surface area contributed by atoms with Crippen LogP contribution in [0.25, 0.3) is 5.65 Å². The van der Waals surface area contributed by atoms with Gasteiger partial charge in [-0.1, -0.05) is 13.0 Å². The van der Waals surface area contributed by atoms with Gasteiger partial charge in [0.15, 0.2) is 0 Å². The molecule has 1 aliphatic carbocycles. The second kappa shape index (κ2) is 4.85. The fourth-order valence-corrected chi connectivity index (χ4v) is 3.02. The average molecular weight is 258 g/mol. The molecular formula is C15H22N4. The van der Waals surface area contributed by atoms with Crippen molar-refractivity contribution in [3.05, 3.63) is 30.6 Å². The molecule has 3 rings (SSSR count). The summed E-state index contributed by atoms with van der Waals surface area (Å²) in [6.45, 7) is 3.02. The van der Waals surface area contributed by atoms with Crippen molar-refractivity contribution in [1.29, 1.82) is 0 Å². The molecule has 0 aliphatic heterocycles. The van der Waals surface area contributed by atoms with Gasteiger partial charge in [-0.15, -0.1) is 0 Å². The van der Waals surface area contributed by atoms with Crippen LogP contribution in [-0.2, 0) is 0 Å². The molecule has 2 aromatic rings. The van der Waals surface area contributed by atoms with Crippen molar-refractivity contribution in [2.45, 2.75) is 38.1 Å². The SMILES string of the molecule is CC1CCC(CN)(Nc2cccc3nccn23)CC1. The first-order valence-corrected chi connectivity index (χ1v) is 7.13. The Bertz CT molecular complexity index is 552. The van der Waals surface area contributed by atoms with E-state index in [1.165, 1.54) is 12.8 Å². The summed E-state index contributed by atoms with van der Waals surface area (Å²) >= 11 is 0. The Labute approximate surface area is 114 Å². The summed E-state index contributed by atoms with van der Waals surface area (Å²) in [6.07, 6.45) is 8.63. The summed E-state index contributed by atoms with van der Waals surface area (Å²) in [5, 5.41) is 3.69. The highest BCUT2D eigenvalue weighted by Gasteiger charge is 2.33. The first-order chi connectivity index (χ1) is 9.22. The van der Waals surface area contributed by atoms with Gasteiger partial charge in [-0.05, 0) is 43.7 Å². The van der Waals surface area contributed by atoms with Crippen molar-refractivity contribution in [3.8, 4) is 0 Å². The first kappa shape index (κ1) is 12.5. The Morgan fingerprint density at radius 2 is 2.21 bits per heavy atom. The van der Waals surface area contributed by atoms with Gasteiger partial charge in [0, 0.05) is 18.9 Å². The molecule has 0 unspecified atom stereocenters. The van der Waals surface area contributed by atoms with Crippen LogP contribution in [0, 0.1) is 5.92 Å². The van der Waals surface area contributed by atoms with Gasteiger partial charge < -0.3 is 11.1 Å². The second-order valence-corrected chi connectivity index (χ2v) is 5.86. The van der Waals surface area contributed by atoms with Gasteiger partial charge >= 0.3 is 0 Å². The number of hydrogen-bond acceptors (Lipinski definition) is 3. The minimum atomic E-state index is 0.0467. The molecule has 102 valence electrons. The Balaban J connectivity index is 1.88. The number of nitrogens with two attached hydrogens (primary N) is 1. The minimum absolute atomic E-state index is 0.0467. The summed E-state index contributed by atoms with van der Waals surface area (Å²) in [5.74, 6) is 1.92. The number of fused-ring (bicyclic) bond motifs is 1. The average Bonchev–Trinajstić information content (AvgIpc) is 2.91. The van der Waals surface area contributed by atoms with Crippen LogP contribution in [0.3, 0.4) is 0 Å². The molecule has 2 aromatic heterocycles. The maximum atomic E-state index is 6.06. The van der Waals surface area contributed by atoms with Crippen LogP contribution in [0.5, 0.6) is 0 Å². The largest absolute Gasteiger partial charge is 0.364 e. The number of nitrogens with one attached hydrogen (secondary N) is 1. The molecule has 0 amide bonds. The molecule has 4 nitrogen and oxygen atoms in total. The van der Waals surface area contributed by atoms with Crippen molar-refractivity contribution < 1.29 is 0 Å². The number of hydrogen-bond donors (Lipinski definition) is 2. The Morgan fingerprint density at radius 3 is 2.95 bits per heavy atom. The lowest BCUT2D eigenvalue weighted by atomic mass is 9.77. The highest BCUT2D eigenvalue weighted by atomic mass is 15.1. The molecule has 1 fully saturated rings. The zero-order valence-corrected chi connectivity index (χ0v) is 11.5. The smallest absolute Gasteiger partial charge is 0.138 e. The molecule has 19 heavy (non-hydrogen) atoms. The standard InChI is InChI=1S/C15H22N4/c1-12-5-7-15(11-16,8-6-12)18-14-4-2-3-13-17-9-10-19(13)14/h2-4,9-10,12,18H,5-8,11,16H2,1H3. The van der Waals surface area contributed by atoms with E-state index in [4.69, 9.17) is 5.73 Å². The quantitative estimate of drug-likeness (QED) is 0.890. The number of nitrogens with zero attached hydrogens (tertiary/aromatic N) is 2. The molecule has 0 atom stereocenters. The van der Waals surface area contributed by atoms with Crippen molar-refractivity contribution in [2.75, 3.05) is 11.9 Å². The lowest BCUT2D eigenvalue weighted by Crippen LogP contribution is -2.48. The third-order valence-electron chi connectivity index (χ3n) is 4.44. The van der Waals surface area contributed by atoms with Crippen molar-refractivity contribution in [1.82, 2.24) is 9.38 Å². The molecule has 0 bridgehead atoms. The predicted octanol–water partition coefficient (Wildman–Crippen LogP) is 2.65. The highest BCUT2D eigenvalue weighted by Crippen LogP contribution is 2.34. The minimum Gasteiger partial charge on any atom is -0.364 e. The fraction of sp³-hybridized carbons (Fsp3) is 0.533. The molecule has 0 aromatic carbocycles. The molecule has 2 heterocycles. The predicted molar refractivity (Wildman–Crippen MR) is 78.2 cm³/mol. The summed E-state index contributed by atoms with van der Waals surface area (Å²) in [7, 11) is 0. The van der Waals surface area contributed by atoms with Crippen LogP contribution in [0.2, 0.25) is 0 Å². The zero-order chi connectivity index (χ0) is 13.3. The Kier molecular flexibility index (Phi) is 3.19. The van der Waals surface area contributed by atoms with Crippen molar-refractivity contribution in [3.63, 3.8) is 0 Å². The summed E-state index contributed by atoms with van der Waals surface area (Å²) in [6, 6.07) is 6.16. The van der Waals surface area contributed by atoms with E-state index >= 15 is 0 Å². The van der Waals surface area contributed by atoms with Crippen molar-refractivity contribution in [2.24, 2.45) is 11.7 Å². The van der Waals surface area contributed by atoms with Crippen molar-refractivity contribution >= 4 is 11.5 Å². The maximum Gasteiger partial charge on any atom is 0.138 e. The van der Waals surface area contributed by atoms with Crippen LogP contribution in [-0.4, -0.2) is 21.5 Å². The van der Waals surface area contributed by atoms with Gasteiger partial charge in [0.2, 0.25) is 0 Å². The molecule has 4 heteroatoms. The van der Waals surface area contributed by atoms with Crippen LogP contribution < -0.4 is 11.1 Å². The van der Waals surface area contributed by atoms with Crippen LogP contribution in [0.1, 0.15) is 32.6 Å². The van der Waals surface area contributed by atoms with E-state index in [1.54, 1.807) is 0 Å². The number of rotatable bonds is 3. The monoisotopic (exact) mass is 258 g/mol. The van der Waals surface area contributed by atoms with E-state index in [1.807, 2.05) is 24.5 Å². The van der Waals surface area contributed by atoms with Gasteiger partial charge in [0.05, 0.1) is 5.54 Å². The molecule has 0 spiro atoms. The number of anilines is 1. The lowest BCUT2D eigenvalue weighted by molar-refractivity contribution is 0.271. The maximum absolute atomic E-state index is 6.06. The summed E-state index contributed by atoms with van der Waals surface area (Å²) in [5.41, 5.74) is 7.08. The number of aromatic nitrogens is 2. The van der Waals surface area contributed by atoms with E-state index in [9.17, 15) is 0 Å². The van der Waals surface area contributed by atoms with Crippen LogP contribution >= 0.6 is 0 Å². The Hall–Kier alpha value is -1.55. The molecule has 3 N–H and O–H groups in total. The topological polar surface area (TPSA) is 55.3 Å². The zero-order valence-electron chi connectivity index (χ0n) is 11.5. The van der Waals surface area contributed by atoms with Gasteiger partial charge in [-0.2, -0.15) is 0 Å². The molecular weight excluding hydrogens is 236 g/mol. The van der Waals surface area contributed by atoms with Crippen LogP contribution in [0.15, 0.2) is 30.6 Å². The van der Waals surface area contributed by atoms with E-state index in [0.29, 0.717) is 6.54 Å². The van der Waals surface area contributed by atoms with Gasteiger partial charge in [0.1, 0.15) is 11.5 Å². The third kappa shape index (κ3) is 2.32. The van der Waals surface area contributed by atoms with E-state index in [-0.39, 0.29) is 5.54 Å². The van der Waals surface area contributed by atoms with Gasteiger partial charge in [-0.3, -0.25) is 4.40 Å². The second-order valence-electron chi connectivity index (χ2n) is 5.86. The van der Waals surface area contributed by atoms with E-state index < -0.39 is 0 Å². The van der Waals surface area contributed by atoms with E-state index in [0.717, 1.165) is 30.2 Å². The Morgan fingerprint density at radius 1 is 1.42 bits per heavy atom. The normalized spacial score (nSPS) is 27.6. The molecule has 1 saturated carbocycles. The molecule has 0 saturated heterocycles. The van der Waals surface area contributed by atoms with Crippen LogP contribution in [0.4, 0.5) is 5.82 Å². The van der Waals surface area contributed by atoms with Gasteiger partial charge in [0.25, 0.3) is 0 Å². The highest BCUT2D eigenvalue weighted by molar-refractivity contribution is 5.51. The summed E-state index contributed by atoms with van der Waals surface area (Å²) < 4.78 is 2.09. The van der Waals surface area contributed by atoms with E-state index in [2.05, 4.69) is 27.7 Å². The summed E-state index contributed by atoms with van der Waals surface area (Å²) in [4.78, 5) is 4.32. The molecule has 0 radical (unpaired) electrons. The lowest BCUT2D eigenvalue weighted by Gasteiger charge is -2.40. The van der Waals surface area contributed by atoms with Gasteiger partial charge in [-0.25, -0.2) is 4.98 Å². The first-order valence-electron chi connectivity index (χ1n) is 7.13. The molecule has 1 aliphatic rings. The number of imidazole rings is 1.